The zero-order chi connectivity index (χ0) is 19.9. The quantitative estimate of drug-likeness (QED) is 0.559. The molecular formula is C24H29N3O2. The number of hydrogen-bond donors (Lipinski definition) is 2. The predicted molar refractivity (Wildman–Crippen MR) is 119 cm³/mol. The highest BCUT2D eigenvalue weighted by molar-refractivity contribution is 5.79. The molecular weight excluding hydrogens is 362 g/mol. The van der Waals surface area contributed by atoms with E-state index in [-0.39, 0.29) is 5.43 Å². The minimum atomic E-state index is 0.0311. The third-order valence-electron chi connectivity index (χ3n) is 5.40. The van der Waals surface area contributed by atoms with Gasteiger partial charge in [0.25, 0.3) is 0 Å². The zero-order valence-electron chi connectivity index (χ0n) is 16.8. The second-order valence-electron chi connectivity index (χ2n) is 7.71. The van der Waals surface area contributed by atoms with Crippen LogP contribution in [0.15, 0.2) is 59.4 Å². The molecule has 1 aliphatic heterocycles. The number of nitrogens with one attached hydrogen (secondary N) is 2. The van der Waals surface area contributed by atoms with Crippen molar-refractivity contribution in [2.24, 2.45) is 0 Å². The molecule has 2 N–H and O–H groups in total. The molecule has 1 aliphatic rings. The van der Waals surface area contributed by atoms with E-state index in [2.05, 4.69) is 33.4 Å². The number of aromatic nitrogens is 1. The van der Waals surface area contributed by atoms with Crippen molar-refractivity contribution in [1.29, 1.82) is 0 Å². The van der Waals surface area contributed by atoms with Gasteiger partial charge in [-0.2, -0.15) is 0 Å². The van der Waals surface area contributed by atoms with Crippen LogP contribution in [0.3, 0.4) is 0 Å². The summed E-state index contributed by atoms with van der Waals surface area (Å²) < 4.78 is 5.94. The van der Waals surface area contributed by atoms with Crippen LogP contribution in [0.1, 0.15) is 31.2 Å². The normalized spacial score (nSPS) is 14.8. The maximum absolute atomic E-state index is 12.2. The Balaban J connectivity index is 1.23. The van der Waals surface area contributed by atoms with Gasteiger partial charge in [0.05, 0.1) is 12.1 Å². The van der Waals surface area contributed by atoms with Crippen molar-refractivity contribution in [3.63, 3.8) is 0 Å². The van der Waals surface area contributed by atoms with E-state index in [0.29, 0.717) is 12.0 Å². The Hall–Kier alpha value is -2.79. The van der Waals surface area contributed by atoms with Crippen LogP contribution in [0, 0.1) is 0 Å². The van der Waals surface area contributed by atoms with Gasteiger partial charge in [0.2, 0.25) is 0 Å². The van der Waals surface area contributed by atoms with Crippen molar-refractivity contribution in [3.05, 3.63) is 70.4 Å². The molecule has 3 aromatic rings. The number of ether oxygens (including phenoxy) is 1. The van der Waals surface area contributed by atoms with Gasteiger partial charge in [0.1, 0.15) is 11.6 Å². The van der Waals surface area contributed by atoms with Gasteiger partial charge in [-0.3, -0.25) is 9.69 Å². The van der Waals surface area contributed by atoms with E-state index in [0.717, 1.165) is 36.6 Å². The smallest absolute Gasteiger partial charge is 0.191 e. The van der Waals surface area contributed by atoms with Gasteiger partial charge < -0.3 is 15.0 Å². The van der Waals surface area contributed by atoms with Crippen molar-refractivity contribution in [2.45, 2.75) is 32.2 Å². The minimum absolute atomic E-state index is 0.0311. The van der Waals surface area contributed by atoms with Crippen LogP contribution in [0.25, 0.3) is 10.9 Å². The van der Waals surface area contributed by atoms with Crippen molar-refractivity contribution in [2.75, 3.05) is 31.6 Å². The number of hydrogen-bond acceptors (Lipinski definition) is 4. The Morgan fingerprint density at radius 1 is 1.00 bits per heavy atom. The second-order valence-corrected chi connectivity index (χ2v) is 7.71. The van der Waals surface area contributed by atoms with Crippen molar-refractivity contribution in [3.8, 4) is 5.75 Å². The fourth-order valence-corrected chi connectivity index (χ4v) is 3.89. The average Bonchev–Trinajstić information content (AvgIpc) is 2.75. The molecule has 0 aliphatic carbocycles. The topological polar surface area (TPSA) is 57.4 Å². The first kappa shape index (κ1) is 19.5. The lowest BCUT2D eigenvalue weighted by atomic mass is 10.1. The number of likely N-dealkylation sites (tertiary alicyclic amines) is 1. The molecule has 0 unspecified atom stereocenters. The molecule has 0 radical (unpaired) electrons. The molecule has 4 rings (SSSR count). The maximum Gasteiger partial charge on any atom is 0.191 e. The van der Waals surface area contributed by atoms with Crippen molar-refractivity contribution >= 4 is 16.7 Å². The van der Waals surface area contributed by atoms with E-state index in [4.69, 9.17) is 4.74 Å². The molecule has 2 heterocycles. The molecule has 29 heavy (non-hydrogen) atoms. The highest BCUT2D eigenvalue weighted by Crippen LogP contribution is 2.18. The Morgan fingerprint density at radius 2 is 1.86 bits per heavy atom. The second kappa shape index (κ2) is 9.61. The Morgan fingerprint density at radius 3 is 2.76 bits per heavy atom. The van der Waals surface area contributed by atoms with Crippen LogP contribution in [-0.4, -0.2) is 36.1 Å². The molecule has 1 fully saturated rings. The number of benzene rings is 2. The molecule has 5 nitrogen and oxygen atoms in total. The lowest BCUT2D eigenvalue weighted by molar-refractivity contribution is 0.220. The molecule has 152 valence electrons. The number of para-hydroxylation sites is 1. The summed E-state index contributed by atoms with van der Waals surface area (Å²) in [6.45, 7) is 4.79. The average molecular weight is 392 g/mol. The van der Waals surface area contributed by atoms with Gasteiger partial charge >= 0.3 is 0 Å². The fraction of sp³-hybridized carbons (Fsp3) is 0.375. The summed E-state index contributed by atoms with van der Waals surface area (Å²) in [5, 5.41) is 4.00. The van der Waals surface area contributed by atoms with Gasteiger partial charge in [-0.1, -0.05) is 30.7 Å². The molecule has 0 spiro atoms. The van der Waals surface area contributed by atoms with Gasteiger partial charge in [-0.15, -0.1) is 0 Å². The zero-order valence-corrected chi connectivity index (χ0v) is 16.8. The van der Waals surface area contributed by atoms with Crippen LogP contribution >= 0.6 is 0 Å². The Kier molecular flexibility index (Phi) is 6.47. The highest BCUT2D eigenvalue weighted by Gasteiger charge is 2.10. The standard InChI is InChI=1S/C24H29N3O2/c28-23-17-24(26-22-11-3-2-10-21(22)23)25-12-7-15-29-20-9-6-8-19(16-20)18-27-13-4-1-5-14-27/h2-3,6,8-11,16-17H,1,4-5,7,12-15,18H2,(H2,25,26,28). The first-order valence-corrected chi connectivity index (χ1v) is 10.6. The summed E-state index contributed by atoms with van der Waals surface area (Å²) in [5.74, 6) is 1.68. The molecule has 1 saturated heterocycles. The summed E-state index contributed by atoms with van der Waals surface area (Å²) >= 11 is 0. The van der Waals surface area contributed by atoms with Gasteiger partial charge in [0, 0.05) is 24.5 Å². The number of anilines is 1. The summed E-state index contributed by atoms with van der Waals surface area (Å²) in [7, 11) is 0. The monoisotopic (exact) mass is 391 g/mol. The van der Waals surface area contributed by atoms with Gasteiger partial charge in [-0.25, -0.2) is 0 Å². The third-order valence-corrected chi connectivity index (χ3v) is 5.40. The van der Waals surface area contributed by atoms with E-state index >= 15 is 0 Å². The summed E-state index contributed by atoms with van der Waals surface area (Å²) in [6.07, 6.45) is 4.84. The number of piperidine rings is 1. The molecule has 1 aromatic heterocycles. The number of nitrogens with zero attached hydrogens (tertiary/aromatic N) is 1. The maximum atomic E-state index is 12.2. The molecule has 0 atom stereocenters. The van der Waals surface area contributed by atoms with E-state index in [1.165, 1.54) is 37.9 Å². The number of rotatable bonds is 8. The molecule has 5 heteroatoms. The van der Waals surface area contributed by atoms with Crippen LogP contribution in [0.5, 0.6) is 5.75 Å². The first-order valence-electron chi connectivity index (χ1n) is 10.6. The number of fused-ring (bicyclic) bond motifs is 1. The number of aromatic amines is 1. The number of pyridine rings is 1. The first-order chi connectivity index (χ1) is 14.3. The van der Waals surface area contributed by atoms with E-state index in [1.54, 1.807) is 6.07 Å². The third kappa shape index (κ3) is 5.39. The molecule has 0 bridgehead atoms. The van der Waals surface area contributed by atoms with E-state index in [1.807, 2.05) is 30.3 Å². The highest BCUT2D eigenvalue weighted by atomic mass is 16.5. The summed E-state index contributed by atoms with van der Waals surface area (Å²) in [6, 6.07) is 17.6. The minimum Gasteiger partial charge on any atom is -0.494 e. The van der Waals surface area contributed by atoms with Crippen LogP contribution in [0.2, 0.25) is 0 Å². The Labute approximate surface area is 171 Å². The van der Waals surface area contributed by atoms with Crippen LogP contribution in [-0.2, 0) is 6.54 Å². The van der Waals surface area contributed by atoms with Gasteiger partial charge in [0.15, 0.2) is 5.43 Å². The summed E-state index contributed by atoms with van der Waals surface area (Å²) in [4.78, 5) is 18.0. The van der Waals surface area contributed by atoms with Crippen LogP contribution in [0.4, 0.5) is 5.82 Å². The van der Waals surface area contributed by atoms with Crippen molar-refractivity contribution in [1.82, 2.24) is 9.88 Å². The summed E-state index contributed by atoms with van der Waals surface area (Å²) in [5.41, 5.74) is 2.20. The van der Waals surface area contributed by atoms with Crippen LogP contribution < -0.4 is 15.5 Å². The number of H-pyrrole nitrogens is 1. The molecule has 2 aromatic carbocycles. The Bertz CT molecular complexity index is 993. The predicted octanol–water partition coefficient (Wildman–Crippen LogP) is 4.40. The van der Waals surface area contributed by atoms with E-state index in [9.17, 15) is 4.79 Å². The van der Waals surface area contributed by atoms with Gasteiger partial charge in [-0.05, 0) is 62.2 Å². The fourth-order valence-electron chi connectivity index (χ4n) is 3.89. The van der Waals surface area contributed by atoms with Crippen molar-refractivity contribution < 1.29 is 4.74 Å². The molecule has 0 saturated carbocycles. The SMILES string of the molecule is O=c1cc(NCCCOc2cccc(CN3CCCCC3)c2)[nH]c2ccccc12. The van der Waals surface area contributed by atoms with E-state index < -0.39 is 0 Å². The largest absolute Gasteiger partial charge is 0.494 e. The lowest BCUT2D eigenvalue weighted by Crippen LogP contribution is -2.29. The lowest BCUT2D eigenvalue weighted by Gasteiger charge is -2.26. The molecule has 0 amide bonds.